The summed E-state index contributed by atoms with van der Waals surface area (Å²) in [7, 11) is -3.50. The predicted octanol–water partition coefficient (Wildman–Crippen LogP) is 1.39. The van der Waals surface area contributed by atoms with Crippen molar-refractivity contribution in [3.8, 4) is 0 Å². The summed E-state index contributed by atoms with van der Waals surface area (Å²) in [6, 6.07) is 3.27. The predicted molar refractivity (Wildman–Crippen MR) is 103 cm³/mol. The van der Waals surface area contributed by atoms with Crippen LogP contribution in [0.4, 0.5) is 5.69 Å². The van der Waals surface area contributed by atoms with E-state index in [4.69, 9.17) is 0 Å². The lowest BCUT2D eigenvalue weighted by Gasteiger charge is -2.33. The van der Waals surface area contributed by atoms with Crippen LogP contribution in [-0.4, -0.2) is 64.4 Å². The van der Waals surface area contributed by atoms with Gasteiger partial charge in [-0.1, -0.05) is 6.07 Å². The Morgan fingerprint density at radius 1 is 1.29 bits per heavy atom. The van der Waals surface area contributed by atoms with Crippen molar-refractivity contribution in [2.75, 3.05) is 26.2 Å². The minimum atomic E-state index is -3.50. The van der Waals surface area contributed by atoms with Crippen LogP contribution in [0.3, 0.4) is 0 Å². The molecule has 0 spiro atoms. The van der Waals surface area contributed by atoms with Gasteiger partial charge in [0, 0.05) is 32.6 Å². The number of aryl methyl sites for hydroxylation is 2. The zero-order chi connectivity index (χ0) is 20.5. The molecule has 2 aromatic heterocycles. The number of rotatable bonds is 6. The first-order valence-electron chi connectivity index (χ1n) is 8.71. The Kier molecular flexibility index (Phi) is 5.82. The van der Waals surface area contributed by atoms with Crippen LogP contribution in [0.5, 0.6) is 0 Å². The second kappa shape index (κ2) is 7.97. The maximum Gasteiger partial charge on any atom is 0.312 e. The first-order chi connectivity index (χ1) is 13.2. The Morgan fingerprint density at radius 3 is 2.50 bits per heavy atom. The third kappa shape index (κ3) is 3.93. The number of nitrogens with zero attached hydrogens (tertiary/aromatic N) is 5. The van der Waals surface area contributed by atoms with Crippen molar-refractivity contribution < 1.29 is 18.1 Å². The number of hydrogen-bond donors (Lipinski definition) is 0. The fourth-order valence-electron chi connectivity index (χ4n) is 3.24. The Labute approximate surface area is 166 Å². The van der Waals surface area contributed by atoms with Gasteiger partial charge >= 0.3 is 5.69 Å². The number of hydrogen-bond acceptors (Lipinski definition) is 7. The third-order valence-electron chi connectivity index (χ3n) is 4.74. The Hall–Kier alpha value is -2.31. The van der Waals surface area contributed by atoms with Gasteiger partial charge in [0.1, 0.15) is 15.6 Å². The number of carbonyl (C=O) groups is 1. The Balaban J connectivity index is 1.56. The smallest absolute Gasteiger partial charge is 0.312 e. The largest absolute Gasteiger partial charge is 0.340 e. The number of amides is 1. The molecule has 0 radical (unpaired) electrons. The minimum absolute atomic E-state index is 0.0279. The summed E-state index contributed by atoms with van der Waals surface area (Å²) in [6.45, 7) is 4.55. The molecule has 0 atom stereocenters. The minimum Gasteiger partial charge on any atom is -0.340 e. The SMILES string of the molecule is Cc1nn(CCC(=O)N2CCN(S(=O)(=O)c3cccs3)CC2)c(C)c1[N+](=O)[O-]. The van der Waals surface area contributed by atoms with E-state index in [1.165, 1.54) is 20.3 Å². The maximum absolute atomic E-state index is 12.5. The summed E-state index contributed by atoms with van der Waals surface area (Å²) in [5, 5.41) is 16.9. The van der Waals surface area contributed by atoms with Crippen molar-refractivity contribution in [3.05, 3.63) is 39.0 Å². The second-order valence-electron chi connectivity index (χ2n) is 6.47. The number of carbonyl (C=O) groups excluding carboxylic acids is 1. The van der Waals surface area contributed by atoms with Gasteiger partial charge in [-0.3, -0.25) is 19.6 Å². The number of aromatic nitrogens is 2. The molecule has 152 valence electrons. The van der Waals surface area contributed by atoms with E-state index in [1.807, 2.05) is 0 Å². The molecule has 1 saturated heterocycles. The average Bonchev–Trinajstić information content (AvgIpc) is 3.28. The van der Waals surface area contributed by atoms with Crippen LogP contribution >= 0.6 is 11.3 Å². The van der Waals surface area contributed by atoms with Gasteiger partial charge in [0.15, 0.2) is 0 Å². The van der Waals surface area contributed by atoms with Crippen LogP contribution in [0.25, 0.3) is 0 Å². The van der Waals surface area contributed by atoms with Crippen LogP contribution in [0, 0.1) is 24.0 Å². The molecule has 10 nitrogen and oxygen atoms in total. The third-order valence-corrected chi connectivity index (χ3v) is 8.02. The molecule has 0 saturated carbocycles. The molecule has 12 heteroatoms. The molecule has 3 rings (SSSR count). The second-order valence-corrected chi connectivity index (χ2v) is 9.58. The van der Waals surface area contributed by atoms with Crippen LogP contribution in [-0.2, 0) is 21.4 Å². The summed E-state index contributed by atoms with van der Waals surface area (Å²) in [5.74, 6) is -0.122. The fourth-order valence-corrected chi connectivity index (χ4v) is 5.81. The van der Waals surface area contributed by atoms with Crippen molar-refractivity contribution in [1.82, 2.24) is 19.0 Å². The van der Waals surface area contributed by atoms with Crippen LogP contribution in [0.2, 0.25) is 0 Å². The first-order valence-corrected chi connectivity index (χ1v) is 11.0. The summed E-state index contributed by atoms with van der Waals surface area (Å²) in [6.07, 6.45) is 0.150. The normalized spacial score (nSPS) is 15.7. The van der Waals surface area contributed by atoms with Crippen molar-refractivity contribution in [2.24, 2.45) is 0 Å². The standard InChI is InChI=1S/C16H21N5O5S2/c1-12-16(21(23)24)13(2)20(17-12)6-5-14(22)18-7-9-19(10-8-18)28(25,26)15-4-3-11-27-15/h3-4,11H,5-10H2,1-2H3. The molecule has 1 aliphatic rings. The number of nitro groups is 1. The van der Waals surface area contributed by atoms with Gasteiger partial charge in [-0.05, 0) is 25.3 Å². The van der Waals surface area contributed by atoms with Crippen molar-refractivity contribution in [2.45, 2.75) is 31.0 Å². The molecule has 0 bridgehead atoms. The summed E-state index contributed by atoms with van der Waals surface area (Å²) in [5.41, 5.74) is 0.712. The fraction of sp³-hybridized carbons (Fsp3) is 0.500. The van der Waals surface area contributed by atoms with Crippen LogP contribution < -0.4 is 0 Å². The van der Waals surface area contributed by atoms with Crippen molar-refractivity contribution >= 4 is 33.0 Å². The van der Waals surface area contributed by atoms with E-state index in [9.17, 15) is 23.3 Å². The van der Waals surface area contributed by atoms with E-state index >= 15 is 0 Å². The van der Waals surface area contributed by atoms with Gasteiger partial charge in [-0.15, -0.1) is 11.3 Å². The molecule has 0 unspecified atom stereocenters. The first kappa shape index (κ1) is 20.4. The zero-order valence-electron chi connectivity index (χ0n) is 15.6. The molecule has 28 heavy (non-hydrogen) atoms. The van der Waals surface area contributed by atoms with E-state index in [0.29, 0.717) is 28.7 Å². The molecule has 0 N–H and O–H groups in total. The molecule has 2 aromatic rings. The lowest BCUT2D eigenvalue weighted by Crippen LogP contribution is -2.50. The lowest BCUT2D eigenvalue weighted by atomic mass is 10.3. The van der Waals surface area contributed by atoms with Gasteiger partial charge in [0.25, 0.3) is 10.0 Å². The van der Waals surface area contributed by atoms with Gasteiger partial charge in [-0.25, -0.2) is 8.42 Å². The monoisotopic (exact) mass is 427 g/mol. The van der Waals surface area contributed by atoms with E-state index < -0.39 is 14.9 Å². The number of sulfonamides is 1. The quantitative estimate of drug-likeness (QED) is 0.508. The average molecular weight is 428 g/mol. The summed E-state index contributed by atoms with van der Waals surface area (Å²) >= 11 is 1.17. The van der Waals surface area contributed by atoms with E-state index in [0.717, 1.165) is 0 Å². The highest BCUT2D eigenvalue weighted by Crippen LogP contribution is 2.23. The molecule has 0 aromatic carbocycles. The highest BCUT2D eigenvalue weighted by molar-refractivity contribution is 7.91. The maximum atomic E-state index is 12.5. The van der Waals surface area contributed by atoms with E-state index in [1.54, 1.807) is 36.3 Å². The summed E-state index contributed by atoms with van der Waals surface area (Å²) < 4.78 is 28.2. The number of piperazine rings is 1. The molecular formula is C16H21N5O5S2. The van der Waals surface area contributed by atoms with Crippen LogP contribution in [0.1, 0.15) is 17.8 Å². The lowest BCUT2D eigenvalue weighted by molar-refractivity contribution is -0.386. The molecule has 1 aliphatic heterocycles. The molecule has 0 aliphatic carbocycles. The molecular weight excluding hydrogens is 406 g/mol. The highest BCUT2D eigenvalue weighted by Gasteiger charge is 2.30. The Bertz CT molecular complexity index is 975. The van der Waals surface area contributed by atoms with Gasteiger partial charge in [-0.2, -0.15) is 9.40 Å². The zero-order valence-corrected chi connectivity index (χ0v) is 17.2. The highest BCUT2D eigenvalue weighted by atomic mass is 32.2. The van der Waals surface area contributed by atoms with Crippen molar-refractivity contribution in [1.29, 1.82) is 0 Å². The van der Waals surface area contributed by atoms with E-state index in [-0.39, 0.29) is 37.6 Å². The molecule has 1 amide bonds. The van der Waals surface area contributed by atoms with Gasteiger partial charge < -0.3 is 4.90 Å². The molecule has 1 fully saturated rings. The van der Waals surface area contributed by atoms with Crippen molar-refractivity contribution in [3.63, 3.8) is 0 Å². The topological polar surface area (TPSA) is 119 Å². The van der Waals surface area contributed by atoms with E-state index in [2.05, 4.69) is 5.10 Å². The summed E-state index contributed by atoms with van der Waals surface area (Å²) in [4.78, 5) is 24.7. The van der Waals surface area contributed by atoms with Gasteiger partial charge in [0.05, 0.1) is 11.5 Å². The van der Waals surface area contributed by atoms with Crippen LogP contribution in [0.15, 0.2) is 21.7 Å². The molecule has 3 heterocycles. The Morgan fingerprint density at radius 2 is 1.96 bits per heavy atom. The number of thiophene rings is 1. The van der Waals surface area contributed by atoms with Gasteiger partial charge in [0.2, 0.25) is 5.91 Å².